The number of fused-ring (bicyclic) bond motifs is 1. The molecule has 1 amide bonds. The maximum Gasteiger partial charge on any atom is 0.231 e. The highest BCUT2D eigenvalue weighted by molar-refractivity contribution is 5.76. The van der Waals surface area contributed by atoms with Crippen LogP contribution in [0.2, 0.25) is 0 Å². The number of nitrogens with one attached hydrogen (secondary N) is 2. The number of amides is 1. The summed E-state index contributed by atoms with van der Waals surface area (Å²) >= 11 is 0. The van der Waals surface area contributed by atoms with Gasteiger partial charge in [-0.3, -0.25) is 4.79 Å². The summed E-state index contributed by atoms with van der Waals surface area (Å²) in [6.07, 6.45) is 0.527. The summed E-state index contributed by atoms with van der Waals surface area (Å²) in [6.45, 7) is 10.5. The van der Waals surface area contributed by atoms with Gasteiger partial charge in [-0.05, 0) is 23.6 Å². The van der Waals surface area contributed by atoms with Crippen LogP contribution in [-0.2, 0) is 9.53 Å². The van der Waals surface area contributed by atoms with Gasteiger partial charge in [-0.15, -0.1) is 0 Å². The first-order valence-corrected chi connectivity index (χ1v) is 9.01. The lowest BCUT2D eigenvalue weighted by atomic mass is 9.92. The zero-order chi connectivity index (χ0) is 17.9. The molecule has 1 aromatic rings. The smallest absolute Gasteiger partial charge is 0.231 e. The molecule has 0 spiro atoms. The summed E-state index contributed by atoms with van der Waals surface area (Å²) in [6, 6.07) is 6.27. The van der Waals surface area contributed by atoms with Gasteiger partial charge in [0, 0.05) is 12.0 Å². The minimum atomic E-state index is -0.00977. The average molecular weight is 349 g/mol. The molecule has 2 aliphatic rings. The lowest BCUT2D eigenvalue weighted by Gasteiger charge is -2.32. The molecule has 1 atom stereocenters. The van der Waals surface area contributed by atoms with Crippen LogP contribution in [0.3, 0.4) is 0 Å². The molecule has 1 aromatic carbocycles. The molecule has 0 saturated carbocycles. The topological polar surface area (TPSA) is 61.2 Å². The number of morpholine rings is 1. The van der Waals surface area contributed by atoms with Gasteiger partial charge in [-0.1, -0.05) is 20.8 Å². The molecule has 1 saturated heterocycles. The van der Waals surface area contributed by atoms with Gasteiger partial charge in [0.2, 0.25) is 12.7 Å². The highest BCUT2D eigenvalue weighted by Gasteiger charge is 2.29. The Bertz CT molecular complexity index is 606. The fraction of sp³-hybridized carbons (Fsp3) is 0.632. The lowest BCUT2D eigenvalue weighted by Crippen LogP contribution is -3.15. The van der Waals surface area contributed by atoms with Gasteiger partial charge < -0.3 is 24.4 Å². The fourth-order valence-corrected chi connectivity index (χ4v) is 3.37. The normalized spacial score (nSPS) is 18.8. The van der Waals surface area contributed by atoms with E-state index in [1.165, 1.54) is 4.90 Å². The highest BCUT2D eigenvalue weighted by Crippen LogP contribution is 2.33. The lowest BCUT2D eigenvalue weighted by molar-refractivity contribution is -0.937. The Kier molecular flexibility index (Phi) is 5.49. The van der Waals surface area contributed by atoms with Crippen molar-refractivity contribution in [1.29, 1.82) is 0 Å². The second-order valence-corrected chi connectivity index (χ2v) is 7.98. The number of carbonyl (C=O) groups excluding carboxylic acids is 1. The molecule has 0 radical (unpaired) electrons. The largest absolute Gasteiger partial charge is 0.454 e. The predicted octanol–water partition coefficient (Wildman–Crippen LogP) is 0.924. The molecule has 3 rings (SSSR count). The van der Waals surface area contributed by atoms with Crippen molar-refractivity contribution in [3.8, 4) is 11.5 Å². The molecular weight excluding hydrogens is 320 g/mol. The van der Waals surface area contributed by atoms with E-state index < -0.39 is 0 Å². The summed E-state index contributed by atoms with van der Waals surface area (Å²) in [5.41, 5.74) is 1.15. The molecule has 2 N–H and O–H groups in total. The molecule has 6 nitrogen and oxygen atoms in total. The first kappa shape index (κ1) is 18.0. The number of benzene rings is 1. The molecule has 2 aliphatic heterocycles. The van der Waals surface area contributed by atoms with E-state index in [4.69, 9.17) is 14.2 Å². The quantitative estimate of drug-likeness (QED) is 0.830. The van der Waals surface area contributed by atoms with Crippen molar-refractivity contribution in [1.82, 2.24) is 5.32 Å². The number of ether oxygens (including phenoxy) is 3. The van der Waals surface area contributed by atoms with E-state index in [1.807, 2.05) is 12.1 Å². The van der Waals surface area contributed by atoms with E-state index in [-0.39, 0.29) is 24.2 Å². The van der Waals surface area contributed by atoms with Gasteiger partial charge >= 0.3 is 0 Å². The molecule has 1 fully saturated rings. The molecule has 0 bridgehead atoms. The molecule has 0 unspecified atom stereocenters. The Hall–Kier alpha value is -1.79. The van der Waals surface area contributed by atoms with Crippen LogP contribution in [-0.4, -0.2) is 45.5 Å². The number of carbonyl (C=O) groups is 1. The van der Waals surface area contributed by atoms with Crippen LogP contribution >= 0.6 is 0 Å². The second kappa shape index (κ2) is 7.62. The summed E-state index contributed by atoms with van der Waals surface area (Å²) < 4.78 is 16.4. The average Bonchev–Trinajstić information content (AvgIpc) is 3.02. The molecule has 2 heterocycles. The van der Waals surface area contributed by atoms with Crippen molar-refractivity contribution in [3.05, 3.63) is 23.8 Å². The van der Waals surface area contributed by atoms with Gasteiger partial charge in [-0.2, -0.15) is 0 Å². The van der Waals surface area contributed by atoms with Crippen LogP contribution in [0, 0.1) is 5.41 Å². The van der Waals surface area contributed by atoms with Gasteiger partial charge in [0.05, 0.1) is 19.8 Å². The third-order valence-corrected chi connectivity index (χ3v) is 4.62. The SMILES string of the molecule is CC(C)(C)CC(=O)NC[C@@H](c1ccc2c(c1)OCO2)[NH+]1CCOCC1. The van der Waals surface area contributed by atoms with Gasteiger partial charge in [0.25, 0.3) is 0 Å². The number of hydrogen-bond acceptors (Lipinski definition) is 4. The maximum atomic E-state index is 12.3. The maximum absolute atomic E-state index is 12.3. The Morgan fingerprint density at radius 1 is 1.20 bits per heavy atom. The van der Waals surface area contributed by atoms with Crippen molar-refractivity contribution in [2.75, 3.05) is 39.6 Å². The molecular formula is C19H29N2O4+. The molecule has 0 aliphatic carbocycles. The minimum Gasteiger partial charge on any atom is -0.454 e. The van der Waals surface area contributed by atoms with Crippen molar-refractivity contribution in [3.63, 3.8) is 0 Å². The fourth-order valence-electron chi connectivity index (χ4n) is 3.37. The van der Waals surface area contributed by atoms with E-state index in [2.05, 4.69) is 32.2 Å². The zero-order valence-electron chi connectivity index (χ0n) is 15.4. The van der Waals surface area contributed by atoms with Gasteiger partial charge in [0.15, 0.2) is 11.5 Å². The van der Waals surface area contributed by atoms with Crippen molar-refractivity contribution in [2.24, 2.45) is 5.41 Å². The van der Waals surface area contributed by atoms with Crippen molar-refractivity contribution in [2.45, 2.75) is 33.2 Å². The summed E-state index contributed by atoms with van der Waals surface area (Å²) in [5.74, 6) is 1.68. The van der Waals surface area contributed by atoms with E-state index in [0.29, 0.717) is 13.0 Å². The Morgan fingerprint density at radius 3 is 2.64 bits per heavy atom. The van der Waals surface area contributed by atoms with E-state index >= 15 is 0 Å². The number of quaternary nitrogens is 1. The van der Waals surface area contributed by atoms with Crippen LogP contribution in [0.25, 0.3) is 0 Å². The van der Waals surface area contributed by atoms with Crippen LogP contribution in [0.1, 0.15) is 38.8 Å². The van der Waals surface area contributed by atoms with E-state index in [9.17, 15) is 4.79 Å². The number of hydrogen-bond donors (Lipinski definition) is 2. The molecule has 0 aromatic heterocycles. The zero-order valence-corrected chi connectivity index (χ0v) is 15.4. The monoisotopic (exact) mass is 349 g/mol. The minimum absolute atomic E-state index is 0.00977. The summed E-state index contributed by atoms with van der Waals surface area (Å²) in [4.78, 5) is 13.7. The van der Waals surface area contributed by atoms with E-state index in [0.717, 1.165) is 43.4 Å². The highest BCUT2D eigenvalue weighted by atomic mass is 16.7. The summed E-state index contributed by atoms with van der Waals surface area (Å²) in [7, 11) is 0. The van der Waals surface area contributed by atoms with Crippen molar-refractivity contribution >= 4 is 5.91 Å². The Balaban J connectivity index is 1.72. The third kappa shape index (κ3) is 4.86. The Labute approximate surface area is 149 Å². The van der Waals surface area contributed by atoms with Crippen LogP contribution in [0.15, 0.2) is 18.2 Å². The molecule has 138 valence electrons. The van der Waals surface area contributed by atoms with Crippen LogP contribution in [0.5, 0.6) is 11.5 Å². The first-order valence-electron chi connectivity index (χ1n) is 9.01. The standard InChI is InChI=1S/C19H28N2O4/c1-19(2,3)11-18(22)20-12-15(21-6-8-23-9-7-21)14-4-5-16-17(10-14)25-13-24-16/h4-5,10,15H,6-9,11-13H2,1-3H3,(H,20,22)/p+1/t15-/m0/s1. The second-order valence-electron chi connectivity index (χ2n) is 7.98. The third-order valence-electron chi connectivity index (χ3n) is 4.62. The first-order chi connectivity index (χ1) is 11.9. The van der Waals surface area contributed by atoms with Crippen molar-refractivity contribution < 1.29 is 23.9 Å². The van der Waals surface area contributed by atoms with E-state index in [1.54, 1.807) is 0 Å². The van der Waals surface area contributed by atoms with Crippen LogP contribution in [0.4, 0.5) is 0 Å². The van der Waals surface area contributed by atoms with Gasteiger partial charge in [0.1, 0.15) is 19.1 Å². The van der Waals surface area contributed by atoms with Gasteiger partial charge in [-0.25, -0.2) is 0 Å². The Morgan fingerprint density at radius 2 is 1.92 bits per heavy atom. The molecule has 6 heteroatoms. The number of rotatable bonds is 5. The predicted molar refractivity (Wildman–Crippen MR) is 93.9 cm³/mol. The summed E-state index contributed by atoms with van der Waals surface area (Å²) in [5, 5.41) is 3.13. The van der Waals surface area contributed by atoms with Crippen LogP contribution < -0.4 is 19.7 Å². The molecule has 25 heavy (non-hydrogen) atoms.